The van der Waals surface area contributed by atoms with E-state index in [9.17, 15) is 13.2 Å². The summed E-state index contributed by atoms with van der Waals surface area (Å²) in [5, 5.41) is 14.9. The molecule has 0 radical (unpaired) electrons. The Balaban J connectivity index is 0.000000260. The number of carbonyl (C=O) groups is 1. The number of aliphatic carboxylic acids is 1. The summed E-state index contributed by atoms with van der Waals surface area (Å²) in [5.41, 5.74) is 2.06. The number of imidazole rings is 1. The number of hydrogen-bond donors (Lipinski definition) is 2. The SMILES string of the molecule is O=C(O)C(F)(F)F.c1ccn2cc(CNC3CCc4ncnn4C3)nc2c1. The summed E-state index contributed by atoms with van der Waals surface area (Å²) in [6.07, 6.45) is 2.74. The van der Waals surface area contributed by atoms with Gasteiger partial charge >= 0.3 is 12.1 Å². The Hall–Kier alpha value is -2.95. The number of pyridine rings is 1. The van der Waals surface area contributed by atoms with Gasteiger partial charge in [0.1, 0.15) is 17.8 Å². The van der Waals surface area contributed by atoms with Gasteiger partial charge < -0.3 is 14.8 Å². The molecule has 27 heavy (non-hydrogen) atoms. The van der Waals surface area contributed by atoms with E-state index in [1.165, 1.54) is 0 Å². The number of rotatable bonds is 3. The van der Waals surface area contributed by atoms with Crippen molar-refractivity contribution >= 4 is 11.6 Å². The zero-order chi connectivity index (χ0) is 19.4. The van der Waals surface area contributed by atoms with Crippen molar-refractivity contribution in [3.63, 3.8) is 0 Å². The van der Waals surface area contributed by atoms with Gasteiger partial charge in [-0.05, 0) is 18.6 Å². The second-order valence-corrected chi connectivity index (χ2v) is 5.98. The van der Waals surface area contributed by atoms with Crippen LogP contribution in [0.3, 0.4) is 0 Å². The van der Waals surface area contributed by atoms with Crippen LogP contribution in [-0.4, -0.2) is 47.4 Å². The van der Waals surface area contributed by atoms with E-state index in [0.717, 1.165) is 43.1 Å². The lowest BCUT2D eigenvalue weighted by atomic mass is 10.1. The second kappa shape index (κ2) is 7.74. The van der Waals surface area contributed by atoms with Gasteiger partial charge in [0.15, 0.2) is 0 Å². The maximum atomic E-state index is 10.6. The van der Waals surface area contributed by atoms with E-state index in [2.05, 4.69) is 26.6 Å². The number of halogens is 3. The summed E-state index contributed by atoms with van der Waals surface area (Å²) >= 11 is 0. The first-order chi connectivity index (χ1) is 12.8. The van der Waals surface area contributed by atoms with Gasteiger partial charge in [0.2, 0.25) is 0 Å². The first-order valence-corrected chi connectivity index (χ1v) is 8.15. The molecular weight excluding hydrogens is 365 g/mol. The summed E-state index contributed by atoms with van der Waals surface area (Å²) in [7, 11) is 0. The van der Waals surface area contributed by atoms with Gasteiger partial charge in [0, 0.05) is 31.4 Å². The largest absolute Gasteiger partial charge is 0.490 e. The maximum Gasteiger partial charge on any atom is 0.490 e. The molecule has 1 atom stereocenters. The normalized spacial score (nSPS) is 16.5. The van der Waals surface area contributed by atoms with E-state index in [4.69, 9.17) is 9.90 Å². The molecular formula is C16H17F3N6O2. The van der Waals surface area contributed by atoms with Crippen LogP contribution in [-0.2, 0) is 24.3 Å². The zero-order valence-electron chi connectivity index (χ0n) is 14.1. The summed E-state index contributed by atoms with van der Waals surface area (Å²) in [5.74, 6) is -1.66. The highest BCUT2D eigenvalue weighted by molar-refractivity contribution is 5.73. The third-order valence-electron chi connectivity index (χ3n) is 4.03. The number of nitrogens with one attached hydrogen (secondary N) is 1. The Morgan fingerprint density at radius 2 is 2.15 bits per heavy atom. The minimum Gasteiger partial charge on any atom is -0.475 e. The minimum atomic E-state index is -5.08. The number of fused-ring (bicyclic) bond motifs is 2. The van der Waals surface area contributed by atoms with Gasteiger partial charge in [-0.2, -0.15) is 18.3 Å². The molecule has 0 saturated heterocycles. The molecule has 0 spiro atoms. The Morgan fingerprint density at radius 1 is 1.37 bits per heavy atom. The number of nitrogens with zero attached hydrogens (tertiary/aromatic N) is 5. The van der Waals surface area contributed by atoms with Crippen LogP contribution in [0, 0.1) is 0 Å². The van der Waals surface area contributed by atoms with Crippen LogP contribution in [0.2, 0.25) is 0 Å². The second-order valence-electron chi connectivity index (χ2n) is 5.98. The van der Waals surface area contributed by atoms with Crippen molar-refractivity contribution in [1.82, 2.24) is 29.5 Å². The molecule has 11 heteroatoms. The molecule has 1 aliphatic heterocycles. The van der Waals surface area contributed by atoms with Crippen molar-refractivity contribution in [2.24, 2.45) is 0 Å². The number of hydrogen-bond acceptors (Lipinski definition) is 5. The van der Waals surface area contributed by atoms with Crippen molar-refractivity contribution in [1.29, 1.82) is 0 Å². The first kappa shape index (κ1) is 18.8. The lowest BCUT2D eigenvalue weighted by Gasteiger charge is -2.23. The van der Waals surface area contributed by atoms with Crippen LogP contribution < -0.4 is 5.32 Å². The molecule has 0 bridgehead atoms. The van der Waals surface area contributed by atoms with Crippen molar-refractivity contribution in [3.8, 4) is 0 Å². The van der Waals surface area contributed by atoms with Gasteiger partial charge in [-0.1, -0.05) is 6.07 Å². The molecule has 3 aromatic rings. The van der Waals surface area contributed by atoms with Gasteiger partial charge in [-0.3, -0.25) is 0 Å². The van der Waals surface area contributed by atoms with Crippen LogP contribution in [0.25, 0.3) is 5.65 Å². The van der Waals surface area contributed by atoms with Gasteiger partial charge in [-0.15, -0.1) is 0 Å². The fourth-order valence-electron chi connectivity index (χ4n) is 2.73. The lowest BCUT2D eigenvalue weighted by Crippen LogP contribution is -2.37. The lowest BCUT2D eigenvalue weighted by molar-refractivity contribution is -0.192. The molecule has 144 valence electrons. The molecule has 3 aromatic heterocycles. The Morgan fingerprint density at radius 3 is 2.85 bits per heavy atom. The molecule has 4 rings (SSSR count). The molecule has 1 aliphatic rings. The van der Waals surface area contributed by atoms with E-state index in [-0.39, 0.29) is 0 Å². The zero-order valence-corrected chi connectivity index (χ0v) is 14.1. The molecule has 0 aliphatic carbocycles. The average Bonchev–Trinajstić information content (AvgIpc) is 3.25. The number of aryl methyl sites for hydroxylation is 1. The molecule has 2 N–H and O–H groups in total. The minimum absolute atomic E-state index is 0.439. The monoisotopic (exact) mass is 382 g/mol. The van der Waals surface area contributed by atoms with Crippen molar-refractivity contribution in [2.45, 2.75) is 38.1 Å². The van der Waals surface area contributed by atoms with Crippen molar-refractivity contribution in [3.05, 3.63) is 48.4 Å². The smallest absolute Gasteiger partial charge is 0.475 e. The first-order valence-electron chi connectivity index (χ1n) is 8.15. The predicted molar refractivity (Wildman–Crippen MR) is 87.9 cm³/mol. The fraction of sp³-hybridized carbons (Fsp3) is 0.375. The molecule has 0 amide bonds. The standard InChI is InChI=1S/C14H16N6.C2HF3O2/c1-2-6-19-8-12(18-14(19)3-1)7-15-11-4-5-13-16-10-17-20(13)9-11;3-2(4,5)1(6)7/h1-3,6,8,10-11,15H,4-5,7,9H2;(H,6,7). The van der Waals surface area contributed by atoms with Gasteiger partial charge in [0.25, 0.3) is 0 Å². The van der Waals surface area contributed by atoms with E-state index in [1.54, 1.807) is 6.33 Å². The summed E-state index contributed by atoms with van der Waals surface area (Å²) < 4.78 is 35.8. The summed E-state index contributed by atoms with van der Waals surface area (Å²) in [6, 6.07) is 6.48. The number of alkyl halides is 3. The average molecular weight is 382 g/mol. The van der Waals surface area contributed by atoms with Crippen LogP contribution in [0.4, 0.5) is 13.2 Å². The number of aromatic nitrogens is 5. The van der Waals surface area contributed by atoms with Crippen molar-refractivity contribution in [2.75, 3.05) is 0 Å². The number of carboxylic acid groups (broad SMARTS) is 1. The fourth-order valence-corrected chi connectivity index (χ4v) is 2.73. The highest BCUT2D eigenvalue weighted by atomic mass is 19.4. The summed E-state index contributed by atoms with van der Waals surface area (Å²) in [4.78, 5) is 17.7. The van der Waals surface area contributed by atoms with Crippen LogP contribution in [0.1, 0.15) is 17.9 Å². The van der Waals surface area contributed by atoms with Crippen LogP contribution in [0.15, 0.2) is 36.9 Å². The highest BCUT2D eigenvalue weighted by Gasteiger charge is 2.38. The third-order valence-corrected chi connectivity index (χ3v) is 4.03. The summed E-state index contributed by atoms with van der Waals surface area (Å²) in [6.45, 7) is 1.68. The Kier molecular flexibility index (Phi) is 5.40. The quantitative estimate of drug-likeness (QED) is 0.715. The molecule has 4 heterocycles. The molecule has 0 fully saturated rings. The topological polar surface area (TPSA) is 97.3 Å². The Bertz CT molecular complexity index is 887. The third kappa shape index (κ3) is 4.82. The van der Waals surface area contributed by atoms with E-state index >= 15 is 0 Å². The molecule has 8 nitrogen and oxygen atoms in total. The van der Waals surface area contributed by atoms with Gasteiger partial charge in [0.05, 0.1) is 12.2 Å². The van der Waals surface area contributed by atoms with E-state index in [1.807, 2.05) is 33.5 Å². The Labute approximate surface area is 151 Å². The maximum absolute atomic E-state index is 10.6. The molecule has 1 unspecified atom stereocenters. The highest BCUT2D eigenvalue weighted by Crippen LogP contribution is 2.13. The number of carboxylic acids is 1. The van der Waals surface area contributed by atoms with Crippen LogP contribution >= 0.6 is 0 Å². The molecule has 0 aromatic carbocycles. The van der Waals surface area contributed by atoms with E-state index < -0.39 is 12.1 Å². The predicted octanol–water partition coefficient (Wildman–Crippen LogP) is 1.66. The van der Waals surface area contributed by atoms with Crippen LogP contribution in [0.5, 0.6) is 0 Å². The van der Waals surface area contributed by atoms with E-state index in [0.29, 0.717) is 6.04 Å². The van der Waals surface area contributed by atoms with Gasteiger partial charge in [-0.25, -0.2) is 19.4 Å². The molecule has 0 saturated carbocycles. The van der Waals surface area contributed by atoms with Crippen molar-refractivity contribution < 1.29 is 23.1 Å².